The van der Waals surface area contributed by atoms with E-state index in [1.54, 1.807) is 0 Å². The minimum absolute atomic E-state index is 0.748. The Kier molecular flexibility index (Phi) is 52.0. The first-order chi connectivity index (χ1) is 28.2. The van der Waals surface area contributed by atoms with E-state index < -0.39 is 0 Å². The summed E-state index contributed by atoms with van der Waals surface area (Å²) in [6.45, 7) is 28.4. The average Bonchev–Trinajstić information content (AvgIpc) is 3.21. The summed E-state index contributed by atoms with van der Waals surface area (Å²) in [4.78, 5) is 2.30. The Morgan fingerprint density at radius 3 is 0.895 bits per heavy atom. The van der Waals surface area contributed by atoms with E-state index in [0.29, 0.717) is 0 Å². The van der Waals surface area contributed by atoms with Gasteiger partial charge < -0.3 is 58.1 Å². The monoisotopic (exact) mass is 830 g/mol. The molecule has 0 aliphatic carbocycles. The van der Waals surface area contributed by atoms with Crippen molar-refractivity contribution in [2.24, 2.45) is 5.92 Å². The van der Waals surface area contributed by atoms with Crippen LogP contribution in [0.25, 0.3) is 0 Å². The van der Waals surface area contributed by atoms with E-state index in [1.165, 1.54) is 127 Å². The molecule has 0 radical (unpaired) electrons. The topological polar surface area (TPSA) is 124 Å². The molecule has 0 aromatic carbocycles. The molecule has 12 heteroatoms. The van der Waals surface area contributed by atoms with Gasteiger partial charge in [0.15, 0.2) is 0 Å². The molecule has 57 heavy (non-hydrogen) atoms. The number of unbranched alkanes of at least 4 members (excludes halogenated alkanes) is 8. The Balaban J connectivity index is 3.59. The molecule has 0 rings (SSSR count). The van der Waals surface area contributed by atoms with Crippen molar-refractivity contribution < 1.29 is 0 Å². The first-order valence-electron chi connectivity index (χ1n) is 24.5. The van der Waals surface area contributed by atoms with Gasteiger partial charge in [0.05, 0.1) is 0 Å². The van der Waals surface area contributed by atoms with Gasteiger partial charge in [0.1, 0.15) is 0 Å². The van der Waals surface area contributed by atoms with Crippen LogP contribution in [0.2, 0.25) is 0 Å². The quantitative estimate of drug-likeness (QED) is 0.0399. The molecule has 11 nitrogen and oxygen atoms in total. The van der Waals surface area contributed by atoms with E-state index in [-0.39, 0.29) is 0 Å². The lowest BCUT2D eigenvalue weighted by atomic mass is 10.1. The zero-order chi connectivity index (χ0) is 41.2. The van der Waals surface area contributed by atoms with Crippen LogP contribution in [0.5, 0.6) is 0 Å². The fourth-order valence-corrected chi connectivity index (χ4v) is 7.86. The Morgan fingerprint density at radius 2 is 0.614 bits per heavy atom. The molecule has 0 fully saturated rings. The van der Waals surface area contributed by atoms with E-state index in [9.17, 15) is 0 Å². The molecular formula is C45H103N11S. The number of nitrogens with one attached hydrogen (secondary N) is 10. The van der Waals surface area contributed by atoms with Crippen LogP contribution >= 0.6 is 11.8 Å². The van der Waals surface area contributed by atoms with Crippen LogP contribution in [-0.2, 0) is 0 Å². The van der Waals surface area contributed by atoms with Gasteiger partial charge >= 0.3 is 0 Å². The van der Waals surface area contributed by atoms with Gasteiger partial charge in [-0.3, -0.25) is 0 Å². The lowest BCUT2D eigenvalue weighted by molar-refractivity contribution is 0.436. The van der Waals surface area contributed by atoms with Gasteiger partial charge in [-0.05, 0) is 266 Å². The third-order valence-electron chi connectivity index (χ3n) is 10.4. The van der Waals surface area contributed by atoms with E-state index >= 15 is 0 Å². The lowest BCUT2D eigenvalue weighted by Crippen LogP contribution is -2.29. The van der Waals surface area contributed by atoms with Crippen LogP contribution in [0.15, 0.2) is 0 Å². The van der Waals surface area contributed by atoms with Crippen LogP contribution in [0, 0.1) is 5.92 Å². The van der Waals surface area contributed by atoms with Crippen LogP contribution in [0.3, 0.4) is 0 Å². The normalized spacial score (nSPS) is 12.4. The summed E-state index contributed by atoms with van der Waals surface area (Å²) < 4.78 is 0. The molecule has 0 aromatic rings. The van der Waals surface area contributed by atoms with E-state index in [0.717, 1.165) is 137 Å². The Hall–Kier alpha value is -0.0900. The van der Waals surface area contributed by atoms with Crippen molar-refractivity contribution >= 4 is 11.8 Å². The third kappa shape index (κ3) is 52.0. The fourth-order valence-electron chi connectivity index (χ4n) is 6.58. The highest BCUT2D eigenvalue weighted by molar-refractivity contribution is 7.99. The summed E-state index contributed by atoms with van der Waals surface area (Å²) in [7, 11) is 4.36. The first kappa shape index (κ1) is 56.9. The second-order valence-corrected chi connectivity index (χ2v) is 17.5. The van der Waals surface area contributed by atoms with Crippen molar-refractivity contribution in [3.63, 3.8) is 0 Å². The molecule has 1 unspecified atom stereocenters. The predicted molar refractivity (Wildman–Crippen MR) is 258 cm³/mol. The number of rotatable bonds is 52. The molecule has 0 spiro atoms. The van der Waals surface area contributed by atoms with Crippen molar-refractivity contribution in [2.75, 3.05) is 163 Å². The highest BCUT2D eigenvalue weighted by Gasteiger charge is 2.09. The molecule has 10 N–H and O–H groups in total. The predicted octanol–water partition coefficient (Wildman–Crippen LogP) is 4.46. The lowest BCUT2D eigenvalue weighted by Gasteiger charge is -2.19. The van der Waals surface area contributed by atoms with Gasteiger partial charge in [0, 0.05) is 12.3 Å². The molecule has 0 aliphatic rings. The van der Waals surface area contributed by atoms with E-state index in [1.807, 2.05) is 0 Å². The molecule has 0 heterocycles. The Bertz CT molecular complexity index is 710. The van der Waals surface area contributed by atoms with Crippen LogP contribution in [0.4, 0.5) is 0 Å². The summed E-state index contributed by atoms with van der Waals surface area (Å²) in [6, 6.07) is 0. The van der Waals surface area contributed by atoms with Crippen LogP contribution < -0.4 is 53.2 Å². The van der Waals surface area contributed by atoms with Crippen molar-refractivity contribution in [3.8, 4) is 0 Å². The van der Waals surface area contributed by atoms with Gasteiger partial charge in [-0.2, -0.15) is 11.8 Å². The third-order valence-corrected chi connectivity index (χ3v) is 11.5. The van der Waals surface area contributed by atoms with Gasteiger partial charge in [-0.25, -0.2) is 0 Å². The summed E-state index contributed by atoms with van der Waals surface area (Å²) >= 11 is 2.13. The summed E-state index contributed by atoms with van der Waals surface area (Å²) in [5.74, 6) is 3.24. The van der Waals surface area contributed by atoms with Gasteiger partial charge in [-0.15, -0.1) is 0 Å². The van der Waals surface area contributed by atoms with Crippen molar-refractivity contribution in [3.05, 3.63) is 0 Å². The SMILES string of the molecule is CCNCCCCNCCCCNCCCCNCCCCNCCC(CNCCCCNCCCCNCCCCNCCCCNCC)CSCCN(C)C. The molecular weight excluding hydrogens is 727 g/mol. The first-order valence-corrected chi connectivity index (χ1v) is 25.7. The second kappa shape index (κ2) is 52.0. The highest BCUT2D eigenvalue weighted by atomic mass is 32.2. The Labute approximate surface area is 360 Å². The summed E-state index contributed by atoms with van der Waals surface area (Å²) in [5.41, 5.74) is 0. The molecule has 0 bridgehead atoms. The van der Waals surface area contributed by atoms with Gasteiger partial charge in [0.2, 0.25) is 0 Å². The number of thioether (sulfide) groups is 1. The van der Waals surface area contributed by atoms with Crippen LogP contribution in [-0.4, -0.2) is 168 Å². The molecule has 1 atom stereocenters. The largest absolute Gasteiger partial charge is 0.317 e. The highest BCUT2D eigenvalue weighted by Crippen LogP contribution is 2.12. The average molecular weight is 830 g/mol. The minimum Gasteiger partial charge on any atom is -0.317 e. The summed E-state index contributed by atoms with van der Waals surface area (Å²) in [6.07, 6.45) is 21.6. The van der Waals surface area contributed by atoms with E-state index in [2.05, 4.69) is 97.8 Å². The molecule has 0 amide bonds. The second-order valence-electron chi connectivity index (χ2n) is 16.4. The molecule has 344 valence electrons. The molecule has 0 saturated heterocycles. The number of hydrogen-bond acceptors (Lipinski definition) is 12. The van der Waals surface area contributed by atoms with Crippen molar-refractivity contribution in [2.45, 2.75) is 123 Å². The van der Waals surface area contributed by atoms with Gasteiger partial charge in [0.25, 0.3) is 0 Å². The van der Waals surface area contributed by atoms with Crippen molar-refractivity contribution in [1.29, 1.82) is 0 Å². The zero-order valence-corrected chi connectivity index (χ0v) is 39.5. The zero-order valence-electron chi connectivity index (χ0n) is 38.7. The molecule has 0 aromatic heterocycles. The molecule has 0 saturated carbocycles. The van der Waals surface area contributed by atoms with Gasteiger partial charge in [-0.1, -0.05) is 13.8 Å². The molecule has 0 aliphatic heterocycles. The maximum Gasteiger partial charge on any atom is 0.00662 e. The number of hydrogen-bond donors (Lipinski definition) is 10. The smallest absolute Gasteiger partial charge is 0.00662 e. The van der Waals surface area contributed by atoms with Crippen molar-refractivity contribution in [1.82, 2.24) is 58.1 Å². The maximum atomic E-state index is 3.80. The standard InChI is InChI=1S/C45H103N11S/c1-5-46-24-7-9-26-48-28-11-13-30-50-32-15-16-34-52-36-19-20-38-54-40-23-45(44-57-42-41-56(3)4)43-55-39-22-21-37-53-35-18-17-33-51-31-14-12-29-49-27-10-8-25-47-6-2/h45-55H,5-44H2,1-4H3. The van der Waals surface area contributed by atoms with E-state index in [4.69, 9.17) is 0 Å². The minimum atomic E-state index is 0.748. The maximum absolute atomic E-state index is 3.80. The van der Waals surface area contributed by atoms with Crippen LogP contribution in [0.1, 0.15) is 123 Å². The summed E-state index contributed by atoms with van der Waals surface area (Å²) in [5, 5.41) is 36.1. The fraction of sp³-hybridized carbons (Fsp3) is 1.00. The number of nitrogens with zero attached hydrogens (tertiary/aromatic N) is 1. The Morgan fingerprint density at radius 1 is 0.351 bits per heavy atom.